The molecule has 0 unspecified atom stereocenters. The Kier molecular flexibility index (Phi) is 3.81. The van der Waals surface area contributed by atoms with Crippen LogP contribution in [-0.4, -0.2) is 40.5 Å². The number of hydroxylamine groups is 2. The summed E-state index contributed by atoms with van der Waals surface area (Å²) < 4.78 is 50.0. The zero-order chi connectivity index (χ0) is 11.6. The standard InChI is InChI=1S/C3H9N3O6S2/c1-13(7,8)11-6(3(4)5)12-14(2,9)10/h1-2H3,(H3,4,5). The maximum atomic E-state index is 10.5. The van der Waals surface area contributed by atoms with Crippen molar-refractivity contribution in [3.8, 4) is 0 Å². The second-order valence-corrected chi connectivity index (χ2v) is 5.31. The lowest BCUT2D eigenvalue weighted by atomic mass is 11.1. The predicted molar refractivity (Wildman–Crippen MR) is 45.6 cm³/mol. The third-order valence-corrected chi connectivity index (χ3v) is 1.42. The molecule has 0 saturated heterocycles. The molecule has 0 aliphatic heterocycles. The highest BCUT2D eigenvalue weighted by Gasteiger charge is 2.20. The summed E-state index contributed by atoms with van der Waals surface area (Å²) in [4.78, 5) is 0. The number of hydrogen-bond acceptors (Lipinski definition) is 7. The summed E-state index contributed by atoms with van der Waals surface area (Å²) in [5.74, 6) is -1.03. The van der Waals surface area contributed by atoms with Gasteiger partial charge in [0.15, 0.2) is 0 Å². The predicted octanol–water partition coefficient (Wildman–Crippen LogP) is -2.04. The third kappa shape index (κ3) is 6.59. The molecule has 0 amide bonds. The van der Waals surface area contributed by atoms with Crippen molar-refractivity contribution in [2.24, 2.45) is 5.73 Å². The van der Waals surface area contributed by atoms with E-state index in [1.165, 1.54) is 0 Å². The van der Waals surface area contributed by atoms with E-state index in [4.69, 9.17) is 11.1 Å². The van der Waals surface area contributed by atoms with Gasteiger partial charge in [-0.2, -0.15) is 16.8 Å². The lowest BCUT2D eigenvalue weighted by Gasteiger charge is -2.15. The molecule has 0 bridgehead atoms. The minimum absolute atomic E-state index is 0.231. The van der Waals surface area contributed by atoms with Crippen molar-refractivity contribution in [3.63, 3.8) is 0 Å². The molecule has 9 nitrogen and oxygen atoms in total. The van der Waals surface area contributed by atoms with E-state index < -0.39 is 26.2 Å². The number of nitrogens with one attached hydrogen (secondary N) is 1. The fourth-order valence-electron chi connectivity index (χ4n) is 0.339. The minimum atomic E-state index is -4.03. The van der Waals surface area contributed by atoms with E-state index >= 15 is 0 Å². The molecule has 0 fully saturated rings. The van der Waals surface area contributed by atoms with Gasteiger partial charge in [0.1, 0.15) is 0 Å². The molecule has 0 radical (unpaired) electrons. The van der Waals surface area contributed by atoms with Crippen LogP contribution < -0.4 is 5.73 Å². The topological polar surface area (TPSA) is 140 Å². The van der Waals surface area contributed by atoms with Crippen LogP contribution >= 0.6 is 0 Å². The highest BCUT2D eigenvalue weighted by molar-refractivity contribution is 7.86. The van der Waals surface area contributed by atoms with Crippen molar-refractivity contribution in [2.45, 2.75) is 0 Å². The Morgan fingerprint density at radius 2 is 1.43 bits per heavy atom. The quantitative estimate of drug-likeness (QED) is 0.329. The van der Waals surface area contributed by atoms with Crippen LogP contribution in [0.15, 0.2) is 0 Å². The van der Waals surface area contributed by atoms with Crippen LogP contribution in [0.4, 0.5) is 0 Å². The Morgan fingerprint density at radius 3 is 1.57 bits per heavy atom. The molecule has 11 heteroatoms. The molecule has 0 aromatic rings. The van der Waals surface area contributed by atoms with Gasteiger partial charge in [0, 0.05) is 0 Å². The first-order valence-electron chi connectivity index (χ1n) is 2.94. The fraction of sp³-hybridized carbons (Fsp3) is 0.667. The number of nitrogens with zero attached hydrogens (tertiary/aromatic N) is 1. The number of guanidine groups is 1. The first kappa shape index (κ1) is 13.1. The third-order valence-electron chi connectivity index (χ3n) is 0.603. The molecule has 0 aromatic carbocycles. The fourth-order valence-corrected chi connectivity index (χ4v) is 1.09. The second-order valence-electron chi connectivity index (χ2n) is 2.20. The van der Waals surface area contributed by atoms with Crippen LogP contribution in [0.5, 0.6) is 0 Å². The summed E-state index contributed by atoms with van der Waals surface area (Å²) in [6.45, 7) is 0. The number of rotatable bonds is 4. The Bertz CT molecular complexity index is 376. The van der Waals surface area contributed by atoms with Gasteiger partial charge in [0.2, 0.25) is 5.96 Å². The van der Waals surface area contributed by atoms with Crippen molar-refractivity contribution in [1.82, 2.24) is 5.23 Å². The van der Waals surface area contributed by atoms with Crippen LogP contribution in [-0.2, 0) is 28.8 Å². The second kappa shape index (κ2) is 4.08. The average molecular weight is 247 g/mol. The lowest BCUT2D eigenvalue weighted by Crippen LogP contribution is -2.39. The molecule has 84 valence electrons. The first-order valence-corrected chi connectivity index (χ1v) is 6.58. The highest BCUT2D eigenvalue weighted by atomic mass is 32.2. The van der Waals surface area contributed by atoms with Gasteiger partial charge in [-0.3, -0.25) is 5.41 Å². The van der Waals surface area contributed by atoms with Gasteiger partial charge in [0.05, 0.1) is 12.5 Å². The van der Waals surface area contributed by atoms with Gasteiger partial charge in [-0.1, -0.05) is 5.23 Å². The van der Waals surface area contributed by atoms with E-state index in [-0.39, 0.29) is 5.23 Å². The van der Waals surface area contributed by atoms with E-state index in [2.05, 4.69) is 8.57 Å². The lowest BCUT2D eigenvalue weighted by molar-refractivity contribution is -0.185. The smallest absolute Gasteiger partial charge is 0.287 e. The van der Waals surface area contributed by atoms with E-state index in [0.717, 1.165) is 0 Å². The monoisotopic (exact) mass is 247 g/mol. The zero-order valence-electron chi connectivity index (χ0n) is 7.29. The molecule has 0 spiro atoms. The van der Waals surface area contributed by atoms with Crippen molar-refractivity contribution in [1.29, 1.82) is 5.41 Å². The summed E-state index contributed by atoms with van der Waals surface area (Å²) in [7, 11) is -8.05. The van der Waals surface area contributed by atoms with E-state index in [1.54, 1.807) is 0 Å². The molecule has 0 saturated carbocycles. The molecule has 0 heterocycles. The molecule has 14 heavy (non-hydrogen) atoms. The number of hydrogen-bond donors (Lipinski definition) is 2. The van der Waals surface area contributed by atoms with Gasteiger partial charge >= 0.3 is 0 Å². The van der Waals surface area contributed by atoms with Gasteiger partial charge in [-0.25, -0.2) is 0 Å². The normalized spacial score (nSPS) is 12.4. The van der Waals surface area contributed by atoms with Crippen LogP contribution in [0.1, 0.15) is 0 Å². The molecular formula is C3H9N3O6S2. The summed E-state index contributed by atoms with van der Waals surface area (Å²) in [5.41, 5.74) is 4.78. The van der Waals surface area contributed by atoms with Crippen molar-refractivity contribution < 1.29 is 25.4 Å². The van der Waals surface area contributed by atoms with Gasteiger partial charge in [0.25, 0.3) is 20.2 Å². The van der Waals surface area contributed by atoms with E-state index in [0.29, 0.717) is 12.5 Å². The molecule has 3 N–H and O–H groups in total. The Hall–Kier alpha value is -0.910. The van der Waals surface area contributed by atoms with Crippen molar-refractivity contribution >= 4 is 26.2 Å². The molecule has 0 aliphatic rings. The largest absolute Gasteiger partial charge is 0.366 e. The average Bonchev–Trinajstić information content (AvgIpc) is 1.78. The zero-order valence-corrected chi connectivity index (χ0v) is 8.92. The van der Waals surface area contributed by atoms with E-state index in [1.807, 2.05) is 0 Å². The maximum Gasteiger partial charge on any atom is 0.287 e. The molecular weight excluding hydrogens is 238 g/mol. The Labute approximate surface area is 81.1 Å². The van der Waals surface area contributed by atoms with Crippen LogP contribution in [0, 0.1) is 5.41 Å². The summed E-state index contributed by atoms with van der Waals surface area (Å²) >= 11 is 0. The van der Waals surface area contributed by atoms with Crippen LogP contribution in [0.25, 0.3) is 0 Å². The molecule has 0 aromatic heterocycles. The van der Waals surface area contributed by atoms with Crippen LogP contribution in [0.3, 0.4) is 0 Å². The highest BCUT2D eigenvalue weighted by Crippen LogP contribution is 2.00. The van der Waals surface area contributed by atoms with Crippen molar-refractivity contribution in [2.75, 3.05) is 12.5 Å². The van der Waals surface area contributed by atoms with E-state index in [9.17, 15) is 16.8 Å². The molecule has 0 rings (SSSR count). The SMILES string of the molecule is CS(=O)(=O)ON(OS(C)(=O)=O)C(=N)N. The molecule has 0 atom stereocenters. The summed E-state index contributed by atoms with van der Waals surface area (Å²) in [5, 5.41) is 6.50. The Morgan fingerprint density at radius 1 is 1.14 bits per heavy atom. The van der Waals surface area contributed by atoms with Crippen molar-refractivity contribution in [3.05, 3.63) is 0 Å². The Balaban J connectivity index is 4.73. The minimum Gasteiger partial charge on any atom is -0.366 e. The summed E-state index contributed by atoms with van der Waals surface area (Å²) in [6, 6.07) is 0. The number of nitrogens with two attached hydrogens (primary N) is 1. The first-order chi connectivity index (χ1) is 6.01. The molecule has 0 aliphatic carbocycles. The summed E-state index contributed by atoms with van der Waals surface area (Å²) in [6.07, 6.45) is 1.27. The maximum absolute atomic E-state index is 10.5. The van der Waals surface area contributed by atoms with Gasteiger partial charge < -0.3 is 5.73 Å². The van der Waals surface area contributed by atoms with Gasteiger partial charge in [-0.15, -0.1) is 8.57 Å². The van der Waals surface area contributed by atoms with Gasteiger partial charge in [-0.05, 0) is 0 Å². The van der Waals surface area contributed by atoms with Crippen LogP contribution in [0.2, 0.25) is 0 Å².